The van der Waals surface area contributed by atoms with Crippen LogP contribution in [0.25, 0.3) is 21.3 Å². The molecule has 19 heavy (non-hydrogen) atoms. The second kappa shape index (κ2) is 5.68. The van der Waals surface area contributed by atoms with E-state index in [4.69, 9.17) is 11.6 Å². The molecule has 0 amide bonds. The summed E-state index contributed by atoms with van der Waals surface area (Å²) in [6.07, 6.45) is 1.86. The minimum atomic E-state index is 0.670. The van der Waals surface area contributed by atoms with E-state index in [2.05, 4.69) is 52.7 Å². The van der Waals surface area contributed by atoms with Crippen LogP contribution in [0, 0.1) is 0 Å². The van der Waals surface area contributed by atoms with Gasteiger partial charge in [-0.25, -0.2) is 0 Å². The Bertz CT molecular complexity index is 688. The number of rotatable bonds is 4. The molecule has 2 nitrogen and oxygen atoms in total. The first kappa shape index (κ1) is 12.6. The van der Waals surface area contributed by atoms with Crippen molar-refractivity contribution < 1.29 is 0 Å². The van der Waals surface area contributed by atoms with E-state index in [-0.39, 0.29) is 0 Å². The lowest BCUT2D eigenvalue weighted by molar-refractivity contribution is 0.884. The van der Waals surface area contributed by atoms with Gasteiger partial charge in [-0.05, 0) is 17.2 Å². The first-order valence-corrected chi connectivity index (χ1v) is 7.60. The number of nitrogens with zero attached hydrogens (tertiary/aromatic N) is 2. The Labute approximate surface area is 121 Å². The van der Waals surface area contributed by atoms with Crippen LogP contribution in [0.2, 0.25) is 0 Å². The lowest BCUT2D eigenvalue weighted by atomic mass is 10.1. The van der Waals surface area contributed by atoms with E-state index >= 15 is 0 Å². The van der Waals surface area contributed by atoms with Crippen molar-refractivity contribution in [3.63, 3.8) is 0 Å². The highest BCUT2D eigenvalue weighted by Gasteiger charge is 2.09. The van der Waals surface area contributed by atoms with Gasteiger partial charge in [-0.1, -0.05) is 53.8 Å². The highest BCUT2D eigenvalue weighted by molar-refractivity contribution is 7.14. The van der Waals surface area contributed by atoms with Crippen LogP contribution in [-0.2, 0) is 6.42 Å². The second-order valence-corrected chi connectivity index (χ2v) is 5.76. The van der Waals surface area contributed by atoms with Gasteiger partial charge in [-0.15, -0.1) is 21.8 Å². The fourth-order valence-electron chi connectivity index (χ4n) is 2.09. The molecule has 1 aromatic heterocycles. The fourth-order valence-corrected chi connectivity index (χ4v) is 3.15. The summed E-state index contributed by atoms with van der Waals surface area (Å²) in [5.74, 6) is 0.670. The van der Waals surface area contributed by atoms with Crippen molar-refractivity contribution in [1.29, 1.82) is 0 Å². The lowest BCUT2D eigenvalue weighted by Gasteiger charge is -2.02. The first-order valence-electron chi connectivity index (χ1n) is 6.25. The molecule has 0 radical (unpaired) electrons. The largest absolute Gasteiger partial charge is 0.148 e. The van der Waals surface area contributed by atoms with E-state index in [1.807, 2.05) is 0 Å². The highest BCUT2D eigenvalue weighted by Crippen LogP contribution is 2.30. The number of aryl methyl sites for hydroxylation is 1. The van der Waals surface area contributed by atoms with Crippen LogP contribution < -0.4 is 0 Å². The van der Waals surface area contributed by atoms with Crippen LogP contribution >= 0.6 is 22.9 Å². The Morgan fingerprint density at radius 2 is 1.84 bits per heavy atom. The number of fused-ring (bicyclic) bond motifs is 1. The Morgan fingerprint density at radius 3 is 2.74 bits per heavy atom. The maximum Gasteiger partial charge on any atom is 0.148 e. The molecule has 4 heteroatoms. The number of alkyl halides is 1. The summed E-state index contributed by atoms with van der Waals surface area (Å²) in [4.78, 5) is 0. The standard InChI is InChI=1S/C15H13ClN2S/c16-10-4-9-14-17-18-15(19-14)13-8-3-6-11-5-1-2-7-12(11)13/h1-3,5-8H,4,9-10H2. The van der Waals surface area contributed by atoms with Crippen LogP contribution in [0.15, 0.2) is 42.5 Å². The van der Waals surface area contributed by atoms with Crippen molar-refractivity contribution in [2.24, 2.45) is 0 Å². The molecule has 96 valence electrons. The highest BCUT2D eigenvalue weighted by atomic mass is 35.5. The van der Waals surface area contributed by atoms with E-state index in [1.54, 1.807) is 11.3 Å². The molecule has 3 rings (SSSR count). The molecule has 0 spiro atoms. The molecule has 3 aromatic rings. The summed E-state index contributed by atoms with van der Waals surface area (Å²) in [5, 5.41) is 13.1. The molecule has 0 bridgehead atoms. The van der Waals surface area contributed by atoms with Gasteiger partial charge in [0.1, 0.15) is 10.0 Å². The molecular weight excluding hydrogens is 276 g/mol. The number of benzene rings is 2. The topological polar surface area (TPSA) is 25.8 Å². The Morgan fingerprint density at radius 1 is 1.00 bits per heavy atom. The van der Waals surface area contributed by atoms with Crippen LogP contribution in [-0.4, -0.2) is 16.1 Å². The third-order valence-corrected chi connectivity index (χ3v) is 4.29. The average Bonchev–Trinajstić information content (AvgIpc) is 2.93. The van der Waals surface area contributed by atoms with E-state index in [0.717, 1.165) is 28.4 Å². The molecule has 1 heterocycles. The van der Waals surface area contributed by atoms with Crippen LogP contribution in [0.4, 0.5) is 0 Å². The minimum Gasteiger partial charge on any atom is -0.143 e. The van der Waals surface area contributed by atoms with Gasteiger partial charge in [-0.2, -0.15) is 0 Å². The summed E-state index contributed by atoms with van der Waals surface area (Å²) in [5.41, 5.74) is 1.16. The summed E-state index contributed by atoms with van der Waals surface area (Å²) in [6.45, 7) is 0. The van der Waals surface area contributed by atoms with Crippen molar-refractivity contribution in [1.82, 2.24) is 10.2 Å². The van der Waals surface area contributed by atoms with Gasteiger partial charge in [0.2, 0.25) is 0 Å². The fraction of sp³-hybridized carbons (Fsp3) is 0.200. The molecule has 0 N–H and O–H groups in total. The smallest absolute Gasteiger partial charge is 0.143 e. The molecule has 2 aromatic carbocycles. The molecule has 0 unspecified atom stereocenters. The van der Waals surface area contributed by atoms with E-state index < -0.39 is 0 Å². The normalized spacial score (nSPS) is 11.0. The molecule has 0 aliphatic rings. The third kappa shape index (κ3) is 2.62. The predicted octanol–water partition coefficient (Wildman–Crippen LogP) is 4.53. The SMILES string of the molecule is ClCCCc1nnc(-c2cccc3ccccc23)s1. The van der Waals surface area contributed by atoms with Gasteiger partial charge in [-0.3, -0.25) is 0 Å². The van der Waals surface area contributed by atoms with E-state index in [9.17, 15) is 0 Å². The van der Waals surface area contributed by atoms with E-state index in [0.29, 0.717) is 5.88 Å². The zero-order valence-corrected chi connectivity index (χ0v) is 11.9. The quantitative estimate of drug-likeness (QED) is 0.659. The van der Waals surface area contributed by atoms with Crippen LogP contribution in [0.5, 0.6) is 0 Å². The van der Waals surface area contributed by atoms with Gasteiger partial charge >= 0.3 is 0 Å². The Kier molecular flexibility index (Phi) is 3.76. The maximum absolute atomic E-state index is 5.71. The predicted molar refractivity (Wildman–Crippen MR) is 81.9 cm³/mol. The van der Waals surface area contributed by atoms with Crippen molar-refractivity contribution in [2.75, 3.05) is 5.88 Å². The molecule has 0 atom stereocenters. The minimum absolute atomic E-state index is 0.670. The summed E-state index contributed by atoms with van der Waals surface area (Å²) >= 11 is 7.37. The molecule has 0 saturated carbocycles. The zero-order valence-electron chi connectivity index (χ0n) is 10.3. The summed E-state index contributed by atoms with van der Waals surface area (Å²) in [7, 11) is 0. The van der Waals surface area contributed by atoms with Crippen LogP contribution in [0.3, 0.4) is 0 Å². The monoisotopic (exact) mass is 288 g/mol. The number of halogens is 1. The summed E-state index contributed by atoms with van der Waals surface area (Å²) in [6, 6.07) is 14.7. The van der Waals surface area contributed by atoms with Crippen molar-refractivity contribution >= 4 is 33.7 Å². The van der Waals surface area contributed by atoms with Gasteiger partial charge < -0.3 is 0 Å². The van der Waals surface area contributed by atoms with Gasteiger partial charge in [0.25, 0.3) is 0 Å². The lowest BCUT2D eigenvalue weighted by Crippen LogP contribution is -1.84. The van der Waals surface area contributed by atoms with Gasteiger partial charge in [0.05, 0.1) is 0 Å². The number of aromatic nitrogens is 2. The van der Waals surface area contributed by atoms with Crippen LogP contribution in [0.1, 0.15) is 11.4 Å². The summed E-state index contributed by atoms with van der Waals surface area (Å²) < 4.78 is 0. The number of hydrogen-bond donors (Lipinski definition) is 0. The maximum atomic E-state index is 5.71. The van der Waals surface area contributed by atoms with Gasteiger partial charge in [0.15, 0.2) is 0 Å². The average molecular weight is 289 g/mol. The first-order chi connectivity index (χ1) is 9.38. The van der Waals surface area contributed by atoms with E-state index in [1.165, 1.54) is 10.8 Å². The second-order valence-electron chi connectivity index (χ2n) is 4.32. The Balaban J connectivity index is 2.02. The van der Waals surface area contributed by atoms with Gasteiger partial charge in [0, 0.05) is 17.9 Å². The molecule has 0 saturated heterocycles. The number of hydrogen-bond acceptors (Lipinski definition) is 3. The van der Waals surface area contributed by atoms with Crippen molar-refractivity contribution in [3.05, 3.63) is 47.5 Å². The zero-order chi connectivity index (χ0) is 13.1. The molecule has 0 fully saturated rings. The molecule has 0 aliphatic heterocycles. The Hall–Kier alpha value is -1.45. The molecule has 0 aliphatic carbocycles. The third-order valence-electron chi connectivity index (χ3n) is 3.01. The van der Waals surface area contributed by atoms with Crippen molar-refractivity contribution in [3.8, 4) is 10.6 Å². The van der Waals surface area contributed by atoms with Crippen molar-refractivity contribution in [2.45, 2.75) is 12.8 Å². The molecular formula is C15H13ClN2S.